The van der Waals surface area contributed by atoms with Crippen LogP contribution in [0, 0.1) is 0 Å². The summed E-state index contributed by atoms with van der Waals surface area (Å²) >= 11 is 0. The van der Waals surface area contributed by atoms with E-state index in [1.807, 2.05) is 24.3 Å². The van der Waals surface area contributed by atoms with E-state index in [1.54, 1.807) is 0 Å². The summed E-state index contributed by atoms with van der Waals surface area (Å²) in [6.45, 7) is 0. The number of hydrogen-bond donors (Lipinski definition) is 0. The maximum absolute atomic E-state index is 6.58. The third kappa shape index (κ3) is 4.09. The van der Waals surface area contributed by atoms with Crippen LogP contribution in [0.1, 0.15) is 0 Å². The second-order valence-corrected chi connectivity index (χ2v) is 13.0. The molecule has 0 atom stereocenters. The van der Waals surface area contributed by atoms with Crippen molar-refractivity contribution in [2.24, 2.45) is 0 Å². The number of rotatable bonds is 4. The minimum Gasteiger partial charge on any atom is -0.454 e. The van der Waals surface area contributed by atoms with Gasteiger partial charge in [0.2, 0.25) is 5.95 Å². The van der Waals surface area contributed by atoms with Gasteiger partial charge < -0.3 is 8.98 Å². The molecule has 5 nitrogen and oxygen atoms in total. The van der Waals surface area contributed by atoms with Crippen molar-refractivity contribution in [1.82, 2.24) is 19.1 Å². The van der Waals surface area contributed by atoms with Crippen molar-refractivity contribution in [3.63, 3.8) is 0 Å². The van der Waals surface area contributed by atoms with E-state index in [1.165, 1.54) is 16.2 Å². The lowest BCUT2D eigenvalue weighted by Gasteiger charge is -2.12. The van der Waals surface area contributed by atoms with Gasteiger partial charge in [0.1, 0.15) is 5.58 Å². The summed E-state index contributed by atoms with van der Waals surface area (Å²) in [6, 6.07) is 59.3. The van der Waals surface area contributed by atoms with Gasteiger partial charge in [-0.25, -0.2) is 9.97 Å². The van der Waals surface area contributed by atoms with Gasteiger partial charge in [0.05, 0.1) is 39.1 Å². The number of nitrogens with zero attached hydrogens (tertiary/aromatic N) is 4. The summed E-state index contributed by atoms with van der Waals surface area (Å²) in [5.41, 5.74) is 11.0. The quantitative estimate of drug-likeness (QED) is 0.190. The van der Waals surface area contributed by atoms with Gasteiger partial charge in [0, 0.05) is 43.4 Å². The van der Waals surface area contributed by atoms with Crippen LogP contribution in [0.15, 0.2) is 174 Å². The first-order valence-corrected chi connectivity index (χ1v) is 17.2. The van der Waals surface area contributed by atoms with Crippen LogP contribution in [0.4, 0.5) is 0 Å². The summed E-state index contributed by atoms with van der Waals surface area (Å²) in [5, 5.41) is 6.92. The van der Waals surface area contributed by atoms with Crippen LogP contribution < -0.4 is 0 Å². The van der Waals surface area contributed by atoms with Crippen molar-refractivity contribution in [2.75, 3.05) is 0 Å². The van der Waals surface area contributed by atoms with Crippen LogP contribution in [0.25, 0.3) is 99.7 Å². The van der Waals surface area contributed by atoms with Crippen LogP contribution in [0.2, 0.25) is 0 Å². The average Bonchev–Trinajstić information content (AvgIpc) is 3.86. The Morgan fingerprint density at radius 2 is 0.902 bits per heavy atom. The topological polar surface area (TPSA) is 48.8 Å². The zero-order valence-electron chi connectivity index (χ0n) is 27.4. The molecule has 0 saturated carbocycles. The Morgan fingerprint density at radius 1 is 0.392 bits per heavy atom. The molecule has 0 aliphatic heterocycles. The highest BCUT2D eigenvalue weighted by Gasteiger charge is 2.23. The predicted octanol–water partition coefficient (Wildman–Crippen LogP) is 11.9. The highest BCUT2D eigenvalue weighted by Crippen LogP contribution is 2.44. The summed E-state index contributed by atoms with van der Waals surface area (Å²) in [7, 11) is 0. The molecule has 7 aromatic carbocycles. The van der Waals surface area contributed by atoms with Crippen LogP contribution in [-0.4, -0.2) is 19.1 Å². The number of hydrogen-bond acceptors (Lipinski definition) is 3. The number of furan rings is 1. The molecule has 0 fully saturated rings. The summed E-state index contributed by atoms with van der Waals surface area (Å²) in [4.78, 5) is 10.5. The molecular formula is C46H28N4O. The zero-order valence-corrected chi connectivity index (χ0v) is 27.4. The molecule has 0 spiro atoms. The van der Waals surface area contributed by atoms with Crippen LogP contribution in [-0.2, 0) is 0 Å². The van der Waals surface area contributed by atoms with Crippen molar-refractivity contribution in [1.29, 1.82) is 0 Å². The molecule has 11 rings (SSSR count). The van der Waals surface area contributed by atoms with Gasteiger partial charge in [-0.2, -0.15) is 0 Å². The SMILES string of the molecule is c1ccc(-c2cc(-c3ccccc3)nc(-n3c4ccccc4c4c5c6ccccc6n(-c6cccc7c6oc6ccccc67)c5ccc43)n2)cc1. The van der Waals surface area contributed by atoms with Gasteiger partial charge in [0.15, 0.2) is 5.58 Å². The smallest absolute Gasteiger partial charge is 0.235 e. The van der Waals surface area contributed by atoms with Crippen molar-refractivity contribution in [3.8, 4) is 34.2 Å². The summed E-state index contributed by atoms with van der Waals surface area (Å²) < 4.78 is 11.2. The van der Waals surface area contributed by atoms with Gasteiger partial charge in [0.25, 0.3) is 0 Å². The first-order valence-electron chi connectivity index (χ1n) is 17.2. The maximum Gasteiger partial charge on any atom is 0.235 e. The predicted molar refractivity (Wildman–Crippen MR) is 209 cm³/mol. The molecule has 0 radical (unpaired) electrons. The lowest BCUT2D eigenvalue weighted by Crippen LogP contribution is -2.04. The van der Waals surface area contributed by atoms with Gasteiger partial charge in [-0.15, -0.1) is 0 Å². The Kier molecular flexibility index (Phi) is 5.89. The van der Waals surface area contributed by atoms with E-state index in [4.69, 9.17) is 14.4 Å². The highest BCUT2D eigenvalue weighted by atomic mass is 16.3. The molecule has 0 saturated heterocycles. The van der Waals surface area contributed by atoms with Crippen LogP contribution in [0.5, 0.6) is 0 Å². The largest absolute Gasteiger partial charge is 0.454 e. The molecule has 5 heteroatoms. The van der Waals surface area contributed by atoms with E-state index in [0.29, 0.717) is 5.95 Å². The van der Waals surface area contributed by atoms with Crippen LogP contribution >= 0.6 is 0 Å². The minimum atomic E-state index is 0.636. The number of para-hydroxylation sites is 4. The molecule has 11 aromatic rings. The van der Waals surface area contributed by atoms with Crippen molar-refractivity contribution in [2.45, 2.75) is 0 Å². The molecule has 0 unspecified atom stereocenters. The minimum absolute atomic E-state index is 0.636. The summed E-state index contributed by atoms with van der Waals surface area (Å²) in [6.07, 6.45) is 0. The van der Waals surface area contributed by atoms with E-state index < -0.39 is 0 Å². The fourth-order valence-corrected chi connectivity index (χ4v) is 7.95. The Morgan fingerprint density at radius 3 is 1.55 bits per heavy atom. The molecule has 0 aliphatic rings. The Hall–Kier alpha value is -6.98. The molecule has 51 heavy (non-hydrogen) atoms. The first kappa shape index (κ1) is 27.9. The van der Waals surface area contributed by atoms with Gasteiger partial charge in [-0.05, 0) is 42.5 Å². The van der Waals surface area contributed by atoms with Crippen molar-refractivity contribution in [3.05, 3.63) is 170 Å². The van der Waals surface area contributed by atoms with E-state index in [-0.39, 0.29) is 0 Å². The first-order chi connectivity index (χ1) is 25.3. The molecule has 4 aromatic heterocycles. The van der Waals surface area contributed by atoms with Crippen LogP contribution in [0.3, 0.4) is 0 Å². The third-order valence-electron chi connectivity index (χ3n) is 10.1. The molecule has 4 heterocycles. The molecule has 0 aliphatic carbocycles. The normalized spacial score (nSPS) is 11.9. The molecule has 0 bridgehead atoms. The average molecular weight is 653 g/mol. The fraction of sp³-hybridized carbons (Fsp3) is 0. The Bertz CT molecular complexity index is 3080. The number of fused-ring (bicyclic) bond motifs is 10. The number of aromatic nitrogens is 4. The molecule has 0 amide bonds. The van der Waals surface area contributed by atoms with Gasteiger partial charge in [-0.1, -0.05) is 127 Å². The lowest BCUT2D eigenvalue weighted by atomic mass is 10.1. The monoisotopic (exact) mass is 652 g/mol. The highest BCUT2D eigenvalue weighted by molar-refractivity contribution is 6.29. The fourth-order valence-electron chi connectivity index (χ4n) is 7.95. The third-order valence-corrected chi connectivity index (χ3v) is 10.1. The lowest BCUT2D eigenvalue weighted by molar-refractivity contribution is 0.666. The second-order valence-electron chi connectivity index (χ2n) is 13.0. The Balaban J connectivity index is 1.25. The van der Waals surface area contributed by atoms with Gasteiger partial charge >= 0.3 is 0 Å². The van der Waals surface area contributed by atoms with Gasteiger partial charge in [-0.3, -0.25) is 4.57 Å². The van der Waals surface area contributed by atoms with Crippen molar-refractivity contribution >= 4 is 65.6 Å². The maximum atomic E-state index is 6.58. The summed E-state index contributed by atoms with van der Waals surface area (Å²) in [5.74, 6) is 0.636. The number of benzene rings is 7. The van der Waals surface area contributed by atoms with E-state index in [2.05, 4.69) is 155 Å². The van der Waals surface area contributed by atoms with E-state index >= 15 is 0 Å². The molecule has 238 valence electrons. The Labute approximate surface area is 292 Å². The van der Waals surface area contributed by atoms with E-state index in [9.17, 15) is 0 Å². The molecule has 0 N–H and O–H groups in total. The van der Waals surface area contributed by atoms with Crippen molar-refractivity contribution < 1.29 is 4.42 Å². The zero-order chi connectivity index (χ0) is 33.5. The molecular weight excluding hydrogens is 625 g/mol. The second kappa shape index (κ2) is 10.8. The van der Waals surface area contributed by atoms with E-state index in [0.717, 1.165) is 77.6 Å². The standard InChI is InChI=1S/C46H28N4O/c1-3-14-29(15-4-1)35-28-36(30-16-5-2-6-17-30)48-46(47-35)50-38-23-11-8-20-34(38)44-40(50)27-26-39-43(44)33-19-7-10-22-37(33)49(39)41-24-13-21-32-31-18-9-12-25-42(31)51-45(32)41/h1-28H.